The second kappa shape index (κ2) is 16.4. The molecule has 0 heterocycles. The van der Waals surface area contributed by atoms with E-state index in [0.717, 1.165) is 0 Å². The van der Waals surface area contributed by atoms with Gasteiger partial charge in [-0.25, -0.2) is 0 Å². The van der Waals surface area contributed by atoms with Crippen LogP contribution in [0.15, 0.2) is 0 Å². The summed E-state index contributed by atoms with van der Waals surface area (Å²) in [5.74, 6) is 2.25. The number of terminal acetylenes is 1. The van der Waals surface area contributed by atoms with Gasteiger partial charge in [-0.2, -0.15) is 0 Å². The summed E-state index contributed by atoms with van der Waals surface area (Å²) in [5.41, 5.74) is 0. The van der Waals surface area contributed by atoms with E-state index >= 15 is 0 Å². The van der Waals surface area contributed by atoms with E-state index in [1.54, 1.807) is 6.92 Å². The Kier molecular flexibility index (Phi) is 27.9. The van der Waals surface area contributed by atoms with Crippen LogP contribution >= 0.6 is 27.2 Å². The summed E-state index contributed by atoms with van der Waals surface area (Å²) in [6, 6.07) is 0. The molecular weight excluding hydrogens is 261 g/mol. The van der Waals surface area contributed by atoms with Crippen LogP contribution in [0.5, 0.6) is 0 Å². The second-order valence-electron chi connectivity index (χ2n) is 0.390. The van der Waals surface area contributed by atoms with Crippen molar-refractivity contribution in [3.8, 4) is 12.3 Å². The van der Waals surface area contributed by atoms with Gasteiger partial charge in [0.05, 0.1) is 0 Å². The van der Waals surface area contributed by atoms with Gasteiger partial charge in [-0.3, -0.25) is 0 Å². The molecule has 0 aliphatic carbocycles. The molecule has 0 bridgehead atoms. The van der Waals surface area contributed by atoms with Crippen LogP contribution in [-0.4, -0.2) is 0 Å². The van der Waals surface area contributed by atoms with Crippen molar-refractivity contribution in [3.05, 3.63) is 0 Å². The van der Waals surface area contributed by atoms with Crippen LogP contribution in [0.4, 0.5) is 0 Å². The first-order valence-electron chi connectivity index (χ1n) is 1.32. The molecular formula is C3H4Br2Zn. The first-order chi connectivity index (χ1) is 2.83. The van der Waals surface area contributed by atoms with E-state index in [2.05, 4.69) is 39.6 Å². The van der Waals surface area contributed by atoms with Gasteiger partial charge in [0.2, 0.25) is 0 Å². The molecule has 6 heavy (non-hydrogen) atoms. The van der Waals surface area contributed by atoms with Crippen LogP contribution in [0.2, 0.25) is 0 Å². The van der Waals surface area contributed by atoms with E-state index in [0.29, 0.717) is 0 Å². The maximum absolute atomic E-state index is 4.60. The first kappa shape index (κ1) is 10.2. The van der Waals surface area contributed by atoms with Gasteiger partial charge in [0.25, 0.3) is 0 Å². The zero-order chi connectivity index (χ0) is 5.41. The second-order valence-corrected chi connectivity index (χ2v) is 14.5. The Morgan fingerprint density at radius 3 is 1.67 bits per heavy atom. The van der Waals surface area contributed by atoms with Gasteiger partial charge in [0.15, 0.2) is 0 Å². The van der Waals surface area contributed by atoms with Crippen LogP contribution < -0.4 is 0 Å². The Hall–Kier alpha value is 1.14. The van der Waals surface area contributed by atoms with Crippen LogP contribution in [0.25, 0.3) is 0 Å². The van der Waals surface area contributed by atoms with Crippen molar-refractivity contribution in [2.24, 2.45) is 0 Å². The number of halogens is 2. The average Bonchev–Trinajstić information content (AvgIpc) is 1.39. The Balaban J connectivity index is 0. The Labute approximate surface area is 59.4 Å². The third-order valence-electron chi connectivity index (χ3n) is 0. The molecule has 0 amide bonds. The molecule has 0 rings (SSSR count). The molecule has 32 valence electrons. The monoisotopic (exact) mass is 262 g/mol. The third-order valence-corrected chi connectivity index (χ3v) is 0. The molecule has 0 aromatic heterocycles. The van der Waals surface area contributed by atoms with Crippen molar-refractivity contribution in [2.45, 2.75) is 6.92 Å². The van der Waals surface area contributed by atoms with Gasteiger partial charge >= 0.3 is 40.5 Å². The van der Waals surface area contributed by atoms with E-state index < -0.39 is 0 Å². The molecule has 0 spiro atoms. The Morgan fingerprint density at radius 1 is 1.67 bits per heavy atom. The van der Waals surface area contributed by atoms with Gasteiger partial charge in [-0.05, 0) is 6.92 Å². The van der Waals surface area contributed by atoms with Gasteiger partial charge in [0, 0.05) is 0 Å². The van der Waals surface area contributed by atoms with Gasteiger partial charge in [-0.15, -0.1) is 12.3 Å². The maximum atomic E-state index is 4.60. The van der Waals surface area contributed by atoms with Crippen LogP contribution in [0.3, 0.4) is 0 Å². The molecule has 3 heteroatoms. The molecule has 0 atom stereocenters. The minimum atomic E-state index is -0.250. The van der Waals surface area contributed by atoms with Gasteiger partial charge in [0.1, 0.15) is 0 Å². The normalized spacial score (nSPS) is 3.00. The summed E-state index contributed by atoms with van der Waals surface area (Å²) >= 11 is 6.25. The molecule has 0 saturated heterocycles. The predicted octanol–water partition coefficient (Wildman–Crippen LogP) is 2.33. The molecule has 0 radical (unpaired) electrons. The molecule has 0 aromatic carbocycles. The summed E-state index contributed by atoms with van der Waals surface area (Å²) in [4.78, 5) is 0. The quantitative estimate of drug-likeness (QED) is 0.466. The standard InChI is InChI=1S/C3H4.2BrH.Zn/c1-3-2;;;/h1H,2H3;2*1H;/q;;;+2/p-2. The van der Waals surface area contributed by atoms with E-state index in [1.807, 2.05) is 0 Å². The molecule has 0 aliphatic rings. The van der Waals surface area contributed by atoms with Crippen molar-refractivity contribution < 1.29 is 13.2 Å². The van der Waals surface area contributed by atoms with Gasteiger partial charge in [-0.1, -0.05) is 0 Å². The molecule has 0 saturated carbocycles. The fourth-order valence-electron chi connectivity index (χ4n) is 0. The summed E-state index contributed by atoms with van der Waals surface area (Å²) in [5, 5.41) is 0. The minimum absolute atomic E-state index is 0.250. The summed E-state index contributed by atoms with van der Waals surface area (Å²) in [6.07, 6.45) is 4.60. The topological polar surface area (TPSA) is 0 Å². The van der Waals surface area contributed by atoms with Crippen molar-refractivity contribution in [3.63, 3.8) is 0 Å². The number of hydrogen-bond acceptors (Lipinski definition) is 0. The Bertz CT molecular complexity index is 38.5. The molecule has 0 unspecified atom stereocenters. The molecule has 0 N–H and O–H groups in total. The van der Waals surface area contributed by atoms with Crippen molar-refractivity contribution in [2.75, 3.05) is 0 Å². The zero-order valence-corrected chi connectivity index (χ0v) is 9.68. The van der Waals surface area contributed by atoms with Crippen molar-refractivity contribution in [1.29, 1.82) is 0 Å². The summed E-state index contributed by atoms with van der Waals surface area (Å²) in [7, 11) is 0. The molecule has 0 fully saturated rings. The van der Waals surface area contributed by atoms with Crippen LogP contribution in [0, 0.1) is 12.3 Å². The fraction of sp³-hybridized carbons (Fsp3) is 0.333. The number of hydrogen-bond donors (Lipinski definition) is 0. The third kappa shape index (κ3) is 67.5. The van der Waals surface area contributed by atoms with Crippen LogP contribution in [-0.2, 0) is 13.2 Å². The van der Waals surface area contributed by atoms with Crippen molar-refractivity contribution in [1.82, 2.24) is 0 Å². The Morgan fingerprint density at radius 2 is 1.67 bits per heavy atom. The zero-order valence-electron chi connectivity index (χ0n) is 3.54. The SMILES string of the molecule is C#CC.[Br][Zn][Br]. The summed E-state index contributed by atoms with van der Waals surface area (Å²) in [6.45, 7) is 1.65. The molecule has 0 aliphatic heterocycles. The average molecular weight is 265 g/mol. The van der Waals surface area contributed by atoms with Crippen LogP contribution in [0.1, 0.15) is 6.92 Å². The van der Waals surface area contributed by atoms with Gasteiger partial charge < -0.3 is 0 Å². The first-order valence-corrected chi connectivity index (χ1v) is 15.2. The van der Waals surface area contributed by atoms with E-state index in [-0.39, 0.29) is 13.2 Å². The van der Waals surface area contributed by atoms with E-state index in [4.69, 9.17) is 0 Å². The van der Waals surface area contributed by atoms with E-state index in [1.165, 1.54) is 0 Å². The van der Waals surface area contributed by atoms with Crippen molar-refractivity contribution >= 4 is 27.2 Å². The predicted molar refractivity (Wildman–Crippen MR) is 32.4 cm³/mol. The number of rotatable bonds is 0. The molecule has 0 aromatic rings. The fourth-order valence-corrected chi connectivity index (χ4v) is 0. The van der Waals surface area contributed by atoms with E-state index in [9.17, 15) is 0 Å². The summed E-state index contributed by atoms with van der Waals surface area (Å²) < 4.78 is 0. The molecule has 0 nitrogen and oxygen atoms in total.